The Balaban J connectivity index is 1.96. The quantitative estimate of drug-likeness (QED) is 0.723. The Hall–Kier alpha value is -1.69. The predicted molar refractivity (Wildman–Crippen MR) is 108 cm³/mol. The zero-order valence-corrected chi connectivity index (χ0v) is 17.0. The second-order valence-electron chi connectivity index (χ2n) is 7.04. The Kier molecular flexibility index (Phi) is 7.38. The topological polar surface area (TPSA) is 49.4 Å². The first kappa shape index (κ1) is 20.6. The van der Waals surface area contributed by atoms with E-state index in [-0.39, 0.29) is 0 Å². The zero-order valence-electron chi connectivity index (χ0n) is 16.2. The summed E-state index contributed by atoms with van der Waals surface area (Å²) in [5.74, 6) is 0. The molecule has 0 fully saturated rings. The van der Waals surface area contributed by atoms with Crippen LogP contribution in [0.5, 0.6) is 0 Å². The molecule has 0 aliphatic carbocycles. The maximum absolute atomic E-state index is 12.4. The molecule has 2 aromatic rings. The maximum Gasteiger partial charge on any atom is 0.240 e. The highest BCUT2D eigenvalue weighted by Gasteiger charge is 2.13. The largest absolute Gasteiger partial charge is 0.300 e. The number of hydrogen-bond acceptors (Lipinski definition) is 3. The van der Waals surface area contributed by atoms with E-state index in [1.54, 1.807) is 12.1 Å². The van der Waals surface area contributed by atoms with Gasteiger partial charge in [0.2, 0.25) is 10.0 Å². The van der Waals surface area contributed by atoms with Crippen LogP contribution >= 0.6 is 0 Å². The molecule has 142 valence electrons. The number of rotatable bonds is 9. The fraction of sp³-hybridized carbons (Fsp3) is 0.429. The summed E-state index contributed by atoms with van der Waals surface area (Å²) in [6, 6.07) is 15.7. The number of sulfonamides is 1. The predicted octanol–water partition coefficient (Wildman–Crippen LogP) is 3.96. The Bertz CT molecular complexity index is 782. The van der Waals surface area contributed by atoms with Gasteiger partial charge in [0.15, 0.2) is 0 Å². The third-order valence-corrected chi connectivity index (χ3v) is 5.99. The minimum Gasteiger partial charge on any atom is -0.300 e. The van der Waals surface area contributed by atoms with Crippen LogP contribution in [-0.4, -0.2) is 26.4 Å². The molecule has 1 N–H and O–H groups in total. The monoisotopic (exact) mass is 374 g/mol. The minimum atomic E-state index is -3.49. The normalized spacial score (nSPS) is 12.1. The molecule has 5 heteroatoms. The van der Waals surface area contributed by atoms with Gasteiger partial charge in [0.25, 0.3) is 0 Å². The highest BCUT2D eigenvalue weighted by molar-refractivity contribution is 7.89. The van der Waals surface area contributed by atoms with Crippen molar-refractivity contribution < 1.29 is 8.42 Å². The van der Waals surface area contributed by atoms with Crippen molar-refractivity contribution in [2.24, 2.45) is 0 Å². The van der Waals surface area contributed by atoms with Crippen LogP contribution in [0.2, 0.25) is 0 Å². The van der Waals surface area contributed by atoms with Gasteiger partial charge in [0.05, 0.1) is 4.90 Å². The van der Waals surface area contributed by atoms with Crippen molar-refractivity contribution in [2.75, 3.05) is 7.05 Å². The van der Waals surface area contributed by atoms with Crippen LogP contribution in [0.15, 0.2) is 53.4 Å². The van der Waals surface area contributed by atoms with Gasteiger partial charge in [-0.2, -0.15) is 0 Å². The Morgan fingerprint density at radius 1 is 0.923 bits per heavy atom. The molecule has 0 spiro atoms. The fourth-order valence-corrected chi connectivity index (χ4v) is 3.64. The first-order valence-corrected chi connectivity index (χ1v) is 10.7. The zero-order chi connectivity index (χ0) is 19.2. The van der Waals surface area contributed by atoms with Crippen LogP contribution in [0.25, 0.3) is 0 Å². The van der Waals surface area contributed by atoms with Crippen LogP contribution in [0.4, 0.5) is 0 Å². The SMILES string of the molecule is CCCc1ccc(S(=O)(=O)NCc2ccc(CN(C)C(C)C)cc2)cc1. The number of benzene rings is 2. The molecule has 4 nitrogen and oxygen atoms in total. The van der Waals surface area contributed by atoms with E-state index >= 15 is 0 Å². The number of nitrogens with one attached hydrogen (secondary N) is 1. The van der Waals surface area contributed by atoms with Crippen LogP contribution < -0.4 is 4.72 Å². The molecule has 2 aromatic carbocycles. The van der Waals surface area contributed by atoms with Gasteiger partial charge >= 0.3 is 0 Å². The fourth-order valence-electron chi connectivity index (χ4n) is 2.62. The van der Waals surface area contributed by atoms with Crippen LogP contribution in [0.1, 0.15) is 43.9 Å². The average molecular weight is 375 g/mol. The van der Waals surface area contributed by atoms with Gasteiger partial charge in [-0.05, 0) is 56.1 Å². The summed E-state index contributed by atoms with van der Waals surface area (Å²) >= 11 is 0. The Morgan fingerprint density at radius 2 is 1.46 bits per heavy atom. The van der Waals surface area contributed by atoms with Crippen molar-refractivity contribution in [3.05, 3.63) is 65.2 Å². The van der Waals surface area contributed by atoms with E-state index in [0.29, 0.717) is 17.5 Å². The molecule has 0 aliphatic rings. The van der Waals surface area contributed by atoms with Gasteiger partial charge in [-0.3, -0.25) is 4.90 Å². The van der Waals surface area contributed by atoms with E-state index < -0.39 is 10.0 Å². The smallest absolute Gasteiger partial charge is 0.240 e. The summed E-state index contributed by atoms with van der Waals surface area (Å²) in [6.07, 6.45) is 2.01. The van der Waals surface area contributed by atoms with Crippen LogP contribution in [0, 0.1) is 0 Å². The number of nitrogens with zero attached hydrogens (tertiary/aromatic N) is 1. The average Bonchev–Trinajstić information content (AvgIpc) is 2.62. The molecule has 0 amide bonds. The Morgan fingerprint density at radius 3 is 2.00 bits per heavy atom. The second-order valence-corrected chi connectivity index (χ2v) is 8.81. The lowest BCUT2D eigenvalue weighted by molar-refractivity contribution is 0.266. The van der Waals surface area contributed by atoms with E-state index in [2.05, 4.69) is 49.6 Å². The maximum atomic E-state index is 12.4. The molecule has 0 atom stereocenters. The van der Waals surface area contributed by atoms with Gasteiger partial charge in [-0.25, -0.2) is 13.1 Å². The highest BCUT2D eigenvalue weighted by atomic mass is 32.2. The second kappa shape index (κ2) is 9.31. The van der Waals surface area contributed by atoms with Crippen LogP contribution in [0.3, 0.4) is 0 Å². The van der Waals surface area contributed by atoms with Crippen molar-refractivity contribution in [1.82, 2.24) is 9.62 Å². The van der Waals surface area contributed by atoms with Gasteiger partial charge in [-0.15, -0.1) is 0 Å². The van der Waals surface area contributed by atoms with Crippen molar-refractivity contribution in [3.8, 4) is 0 Å². The highest BCUT2D eigenvalue weighted by Crippen LogP contribution is 2.13. The molecule has 0 radical (unpaired) electrons. The van der Waals surface area contributed by atoms with Gasteiger partial charge in [0.1, 0.15) is 0 Å². The van der Waals surface area contributed by atoms with Crippen molar-refractivity contribution in [2.45, 2.75) is 57.6 Å². The minimum absolute atomic E-state index is 0.291. The Labute approximate surface area is 158 Å². The van der Waals surface area contributed by atoms with Gasteiger partial charge < -0.3 is 0 Å². The lowest BCUT2D eigenvalue weighted by atomic mass is 10.1. The van der Waals surface area contributed by atoms with Crippen LogP contribution in [-0.2, 0) is 29.5 Å². The number of hydrogen-bond donors (Lipinski definition) is 1. The molecule has 0 saturated heterocycles. The summed E-state index contributed by atoms with van der Waals surface area (Å²) in [5.41, 5.74) is 3.33. The summed E-state index contributed by atoms with van der Waals surface area (Å²) in [4.78, 5) is 2.58. The summed E-state index contributed by atoms with van der Waals surface area (Å²) in [6.45, 7) is 7.61. The summed E-state index contributed by atoms with van der Waals surface area (Å²) in [5, 5.41) is 0. The van der Waals surface area contributed by atoms with E-state index in [4.69, 9.17) is 0 Å². The van der Waals surface area contributed by atoms with Crippen molar-refractivity contribution >= 4 is 10.0 Å². The summed E-state index contributed by atoms with van der Waals surface area (Å²) in [7, 11) is -1.39. The summed E-state index contributed by atoms with van der Waals surface area (Å²) < 4.78 is 27.6. The lowest BCUT2D eigenvalue weighted by Gasteiger charge is -2.21. The molecule has 0 aromatic heterocycles. The molecule has 0 heterocycles. The lowest BCUT2D eigenvalue weighted by Crippen LogP contribution is -2.25. The molecule has 2 rings (SSSR count). The molecule has 0 bridgehead atoms. The van der Waals surface area contributed by atoms with E-state index in [1.807, 2.05) is 24.3 Å². The first-order chi connectivity index (χ1) is 12.3. The van der Waals surface area contributed by atoms with E-state index in [1.165, 1.54) is 5.56 Å². The molecule has 0 aliphatic heterocycles. The molecule has 0 unspecified atom stereocenters. The standard InChI is InChI=1S/C21H30N2O2S/c1-5-6-18-11-13-21(14-12-18)26(24,25)22-15-19-7-9-20(10-8-19)16-23(4)17(2)3/h7-14,17,22H,5-6,15-16H2,1-4H3. The van der Waals surface area contributed by atoms with E-state index in [0.717, 1.165) is 30.5 Å². The molecular weight excluding hydrogens is 344 g/mol. The van der Waals surface area contributed by atoms with Crippen molar-refractivity contribution in [3.63, 3.8) is 0 Å². The molecule has 26 heavy (non-hydrogen) atoms. The van der Waals surface area contributed by atoms with E-state index in [9.17, 15) is 8.42 Å². The van der Waals surface area contributed by atoms with Gasteiger partial charge in [0, 0.05) is 19.1 Å². The molecule has 0 saturated carbocycles. The molecular formula is C21H30N2O2S. The van der Waals surface area contributed by atoms with Gasteiger partial charge in [-0.1, -0.05) is 49.7 Å². The third-order valence-electron chi connectivity index (χ3n) is 4.58. The third kappa shape index (κ3) is 5.94. The number of aryl methyl sites for hydroxylation is 1. The van der Waals surface area contributed by atoms with Crippen molar-refractivity contribution in [1.29, 1.82) is 0 Å². The first-order valence-electron chi connectivity index (χ1n) is 9.18.